The molecule has 0 unspecified atom stereocenters. The average molecular weight is 390 g/mol. The van der Waals surface area contributed by atoms with E-state index in [1.54, 1.807) is 4.52 Å². The molecule has 0 saturated carbocycles. The van der Waals surface area contributed by atoms with Crippen molar-refractivity contribution in [3.63, 3.8) is 0 Å². The minimum Gasteiger partial charge on any atom is -0.366 e. The number of aryl methyl sites for hydroxylation is 2. The zero-order chi connectivity index (χ0) is 20.4. The van der Waals surface area contributed by atoms with Crippen LogP contribution in [0.25, 0.3) is 11.5 Å². The van der Waals surface area contributed by atoms with Crippen molar-refractivity contribution in [2.75, 3.05) is 12.3 Å². The number of nitrogens with two attached hydrogens (primary N) is 1. The highest BCUT2D eigenvalue weighted by atomic mass is 16.1. The maximum absolute atomic E-state index is 12.4. The van der Waals surface area contributed by atoms with Gasteiger partial charge in [-0.15, -0.1) is 5.10 Å². The molecule has 29 heavy (non-hydrogen) atoms. The van der Waals surface area contributed by atoms with Gasteiger partial charge in [0.15, 0.2) is 0 Å². The minimum absolute atomic E-state index is 0.0686. The zero-order valence-corrected chi connectivity index (χ0v) is 16.3. The van der Waals surface area contributed by atoms with Crippen LogP contribution >= 0.6 is 0 Å². The van der Waals surface area contributed by atoms with Crippen LogP contribution in [0.3, 0.4) is 0 Å². The summed E-state index contributed by atoms with van der Waals surface area (Å²) < 4.78 is 3.40. The first-order chi connectivity index (χ1) is 14.0. The van der Waals surface area contributed by atoms with Gasteiger partial charge in [0.25, 0.3) is 5.78 Å². The Morgan fingerprint density at radius 1 is 1.17 bits per heavy atom. The average Bonchev–Trinajstić information content (AvgIpc) is 3.32. The number of hydrogen-bond acceptors (Lipinski definition) is 6. The lowest BCUT2D eigenvalue weighted by Gasteiger charge is -2.10. The van der Waals surface area contributed by atoms with E-state index < -0.39 is 0 Å². The van der Waals surface area contributed by atoms with Gasteiger partial charge in [-0.1, -0.05) is 18.2 Å². The second-order valence-corrected chi connectivity index (χ2v) is 6.85. The standard InChI is InChI=1S/C20H22N8O/c1-13-17(14(2)28-20(24-13)25-19(21)26-28)10-18(29)22-9-8-15-11-23-27(12-15)16-6-4-3-5-7-16/h3-7,11-12H,8-10H2,1-2H3,(H2,21,26)(H,22,29). The topological polar surface area (TPSA) is 116 Å². The van der Waals surface area contributed by atoms with Crippen molar-refractivity contribution < 1.29 is 4.79 Å². The smallest absolute Gasteiger partial charge is 0.254 e. The van der Waals surface area contributed by atoms with Crippen molar-refractivity contribution >= 4 is 17.6 Å². The quantitative estimate of drug-likeness (QED) is 0.514. The number of fused-ring (bicyclic) bond motifs is 1. The van der Waals surface area contributed by atoms with Crippen molar-refractivity contribution in [3.8, 4) is 5.69 Å². The van der Waals surface area contributed by atoms with E-state index in [0.29, 0.717) is 18.7 Å². The highest BCUT2D eigenvalue weighted by molar-refractivity contribution is 5.79. The van der Waals surface area contributed by atoms with Gasteiger partial charge in [-0.05, 0) is 38.0 Å². The molecule has 0 aliphatic carbocycles. The lowest BCUT2D eigenvalue weighted by Crippen LogP contribution is -2.28. The highest BCUT2D eigenvalue weighted by Gasteiger charge is 2.15. The molecule has 4 rings (SSSR count). The first-order valence-corrected chi connectivity index (χ1v) is 9.35. The molecule has 1 aromatic carbocycles. The fourth-order valence-corrected chi connectivity index (χ4v) is 3.26. The summed E-state index contributed by atoms with van der Waals surface area (Å²) in [5.74, 6) is 0.538. The number of amides is 1. The molecule has 3 N–H and O–H groups in total. The number of aromatic nitrogens is 6. The van der Waals surface area contributed by atoms with Crippen LogP contribution in [0.2, 0.25) is 0 Å². The predicted molar refractivity (Wildman–Crippen MR) is 109 cm³/mol. The molecule has 3 aromatic heterocycles. The van der Waals surface area contributed by atoms with Gasteiger partial charge in [0, 0.05) is 29.7 Å². The van der Waals surface area contributed by atoms with Crippen LogP contribution in [0.15, 0.2) is 42.7 Å². The van der Waals surface area contributed by atoms with Crippen molar-refractivity contribution in [3.05, 3.63) is 65.2 Å². The summed E-state index contributed by atoms with van der Waals surface area (Å²) >= 11 is 0. The third-order valence-electron chi connectivity index (χ3n) is 4.80. The van der Waals surface area contributed by atoms with Crippen LogP contribution in [-0.4, -0.2) is 41.8 Å². The number of benzene rings is 1. The van der Waals surface area contributed by atoms with Gasteiger partial charge in [0.1, 0.15) is 0 Å². The summed E-state index contributed by atoms with van der Waals surface area (Å²) in [4.78, 5) is 20.9. The second kappa shape index (κ2) is 7.70. The fraction of sp³-hybridized carbons (Fsp3) is 0.250. The maximum atomic E-state index is 12.4. The van der Waals surface area contributed by atoms with E-state index in [1.807, 2.05) is 61.3 Å². The van der Waals surface area contributed by atoms with E-state index in [4.69, 9.17) is 5.73 Å². The number of hydrogen-bond donors (Lipinski definition) is 2. The molecular formula is C20H22N8O. The lowest BCUT2D eigenvalue weighted by molar-refractivity contribution is -0.120. The number of para-hydroxylation sites is 1. The predicted octanol–water partition coefficient (Wildman–Crippen LogP) is 1.41. The lowest BCUT2D eigenvalue weighted by atomic mass is 10.1. The SMILES string of the molecule is Cc1nc2nc(N)nn2c(C)c1CC(=O)NCCc1cnn(-c2ccccc2)c1. The largest absolute Gasteiger partial charge is 0.366 e. The Morgan fingerprint density at radius 2 is 1.97 bits per heavy atom. The Kier molecular flexibility index (Phi) is 4.94. The van der Waals surface area contributed by atoms with Crippen molar-refractivity contribution in [2.24, 2.45) is 0 Å². The number of anilines is 1. The third kappa shape index (κ3) is 3.93. The minimum atomic E-state index is -0.0686. The summed E-state index contributed by atoms with van der Waals surface area (Å²) in [7, 11) is 0. The molecular weight excluding hydrogens is 368 g/mol. The highest BCUT2D eigenvalue weighted by Crippen LogP contribution is 2.15. The third-order valence-corrected chi connectivity index (χ3v) is 4.80. The summed E-state index contributed by atoms with van der Waals surface area (Å²) in [6.07, 6.45) is 4.72. The van der Waals surface area contributed by atoms with Crippen LogP contribution in [0.1, 0.15) is 22.5 Å². The van der Waals surface area contributed by atoms with Crippen molar-refractivity contribution in [1.29, 1.82) is 0 Å². The van der Waals surface area contributed by atoms with Crippen LogP contribution in [0, 0.1) is 13.8 Å². The summed E-state index contributed by atoms with van der Waals surface area (Å²) in [6, 6.07) is 9.91. The Hall–Kier alpha value is -3.75. The molecule has 0 saturated heterocycles. The molecule has 3 heterocycles. The summed E-state index contributed by atoms with van der Waals surface area (Å²) in [6.45, 7) is 4.28. The monoisotopic (exact) mass is 390 g/mol. The van der Waals surface area contributed by atoms with Crippen LogP contribution in [0.4, 0.5) is 5.95 Å². The van der Waals surface area contributed by atoms with Gasteiger partial charge in [-0.3, -0.25) is 4.79 Å². The number of carbonyl (C=O) groups is 1. The van der Waals surface area contributed by atoms with Gasteiger partial charge >= 0.3 is 0 Å². The van der Waals surface area contributed by atoms with Gasteiger partial charge in [-0.25, -0.2) is 9.67 Å². The van der Waals surface area contributed by atoms with E-state index in [1.165, 1.54) is 0 Å². The van der Waals surface area contributed by atoms with Crippen LogP contribution in [-0.2, 0) is 17.6 Å². The van der Waals surface area contributed by atoms with Crippen LogP contribution < -0.4 is 11.1 Å². The summed E-state index contributed by atoms with van der Waals surface area (Å²) in [5.41, 5.74) is 10.1. The molecule has 0 radical (unpaired) electrons. The number of rotatable bonds is 6. The van der Waals surface area contributed by atoms with Gasteiger partial charge in [0.05, 0.1) is 18.3 Å². The van der Waals surface area contributed by atoms with E-state index in [9.17, 15) is 4.79 Å². The first kappa shape index (κ1) is 18.6. The molecule has 0 spiro atoms. The first-order valence-electron chi connectivity index (χ1n) is 9.35. The molecule has 0 fully saturated rings. The molecule has 148 valence electrons. The molecule has 0 aliphatic rings. The van der Waals surface area contributed by atoms with E-state index >= 15 is 0 Å². The van der Waals surface area contributed by atoms with E-state index in [-0.39, 0.29) is 18.3 Å². The number of nitrogen functional groups attached to an aromatic ring is 1. The Balaban J connectivity index is 1.36. The van der Waals surface area contributed by atoms with Gasteiger partial charge in [0.2, 0.25) is 11.9 Å². The van der Waals surface area contributed by atoms with Crippen molar-refractivity contribution in [2.45, 2.75) is 26.7 Å². The number of carbonyl (C=O) groups excluding carboxylic acids is 1. The second-order valence-electron chi connectivity index (χ2n) is 6.85. The normalized spacial score (nSPS) is 11.1. The Bertz CT molecular complexity index is 1160. The molecule has 0 atom stereocenters. The molecule has 0 aliphatic heterocycles. The van der Waals surface area contributed by atoms with Gasteiger partial charge < -0.3 is 11.1 Å². The zero-order valence-electron chi connectivity index (χ0n) is 16.3. The number of nitrogens with one attached hydrogen (secondary N) is 1. The molecule has 0 bridgehead atoms. The maximum Gasteiger partial charge on any atom is 0.254 e. The Morgan fingerprint density at radius 3 is 2.76 bits per heavy atom. The van der Waals surface area contributed by atoms with E-state index in [2.05, 4.69) is 25.5 Å². The van der Waals surface area contributed by atoms with E-state index in [0.717, 1.165) is 28.2 Å². The van der Waals surface area contributed by atoms with Crippen molar-refractivity contribution in [1.82, 2.24) is 34.7 Å². The van der Waals surface area contributed by atoms with Gasteiger partial charge in [-0.2, -0.15) is 14.6 Å². The summed E-state index contributed by atoms with van der Waals surface area (Å²) in [5, 5.41) is 11.5. The fourth-order valence-electron chi connectivity index (χ4n) is 3.26. The molecule has 9 nitrogen and oxygen atoms in total. The van der Waals surface area contributed by atoms with Crippen LogP contribution in [0.5, 0.6) is 0 Å². The molecule has 4 aromatic rings. The Labute approximate surface area is 167 Å². The molecule has 1 amide bonds. The molecule has 9 heteroatoms. The number of nitrogens with zero attached hydrogens (tertiary/aromatic N) is 6.